The van der Waals surface area contributed by atoms with E-state index in [1.165, 1.54) is 17.0 Å². The molecule has 3 nitrogen and oxygen atoms in total. The van der Waals surface area contributed by atoms with Crippen LogP contribution >= 0.6 is 11.3 Å². The number of aromatic nitrogens is 2. The van der Waals surface area contributed by atoms with Gasteiger partial charge in [-0.2, -0.15) is 0 Å². The normalized spacial score (nSPS) is 10.8. The minimum Gasteiger partial charge on any atom is -0.329 e. The van der Waals surface area contributed by atoms with Crippen molar-refractivity contribution in [1.82, 2.24) is 14.9 Å². The molecule has 0 aromatic carbocycles. The van der Waals surface area contributed by atoms with E-state index in [9.17, 15) is 0 Å². The molecule has 0 aliphatic rings. The second-order valence-corrected chi connectivity index (χ2v) is 4.65. The molecule has 0 aliphatic heterocycles. The van der Waals surface area contributed by atoms with Crippen LogP contribution in [0.4, 0.5) is 0 Å². The van der Waals surface area contributed by atoms with E-state index in [2.05, 4.69) is 39.3 Å². The molecule has 0 amide bonds. The molecule has 0 radical (unpaired) electrons. The summed E-state index contributed by atoms with van der Waals surface area (Å²) < 4.78 is 2.20. The third-order valence-electron chi connectivity index (χ3n) is 2.44. The fraction of sp³-hybridized carbons (Fsp3) is 0.417. The molecule has 2 aromatic rings. The van der Waals surface area contributed by atoms with Crippen LogP contribution in [0.3, 0.4) is 0 Å². The van der Waals surface area contributed by atoms with Crippen molar-refractivity contribution in [2.45, 2.75) is 19.9 Å². The maximum Gasteiger partial charge on any atom is 0.0951 e. The molecule has 1 N–H and O–H groups in total. The highest BCUT2D eigenvalue weighted by molar-refractivity contribution is 7.13. The second-order valence-electron chi connectivity index (χ2n) is 3.70. The van der Waals surface area contributed by atoms with Gasteiger partial charge >= 0.3 is 0 Å². The van der Waals surface area contributed by atoms with Crippen LogP contribution in [-0.4, -0.2) is 22.6 Å². The Morgan fingerprint density at radius 3 is 3.12 bits per heavy atom. The zero-order chi connectivity index (χ0) is 11.2. The van der Waals surface area contributed by atoms with Crippen LogP contribution in [0.1, 0.15) is 13.3 Å². The first kappa shape index (κ1) is 11.4. The predicted octanol–water partition coefficient (Wildman–Crippen LogP) is 2.61. The summed E-state index contributed by atoms with van der Waals surface area (Å²) in [6.45, 7) is 5.25. The first-order valence-corrected chi connectivity index (χ1v) is 6.54. The number of nitrogens with zero attached hydrogens (tertiary/aromatic N) is 2. The molecule has 0 aliphatic carbocycles. The highest BCUT2D eigenvalue weighted by Crippen LogP contribution is 2.23. The van der Waals surface area contributed by atoms with Gasteiger partial charge in [-0.1, -0.05) is 13.0 Å². The summed E-state index contributed by atoms with van der Waals surface area (Å²) in [6, 6.07) is 4.21. The van der Waals surface area contributed by atoms with Crippen LogP contribution in [0.25, 0.3) is 10.6 Å². The molecule has 16 heavy (non-hydrogen) atoms. The Balaban J connectivity index is 1.97. The molecule has 4 heteroatoms. The van der Waals surface area contributed by atoms with E-state index in [4.69, 9.17) is 0 Å². The van der Waals surface area contributed by atoms with E-state index in [0.29, 0.717) is 0 Å². The topological polar surface area (TPSA) is 29.9 Å². The van der Waals surface area contributed by atoms with Gasteiger partial charge in [-0.25, -0.2) is 4.98 Å². The Morgan fingerprint density at radius 2 is 2.38 bits per heavy atom. The molecule has 0 unspecified atom stereocenters. The van der Waals surface area contributed by atoms with E-state index >= 15 is 0 Å². The van der Waals surface area contributed by atoms with Gasteiger partial charge in [-0.3, -0.25) is 0 Å². The number of hydrogen-bond donors (Lipinski definition) is 1. The molecule has 86 valence electrons. The van der Waals surface area contributed by atoms with Crippen molar-refractivity contribution in [3.05, 3.63) is 30.0 Å². The third kappa shape index (κ3) is 2.71. The van der Waals surface area contributed by atoms with Crippen LogP contribution < -0.4 is 5.32 Å². The molecule has 0 bridgehead atoms. The minimum absolute atomic E-state index is 0.979. The minimum atomic E-state index is 0.979. The van der Waals surface area contributed by atoms with E-state index < -0.39 is 0 Å². The summed E-state index contributed by atoms with van der Waals surface area (Å²) in [5.74, 6) is 0. The summed E-state index contributed by atoms with van der Waals surface area (Å²) in [4.78, 5) is 5.50. The van der Waals surface area contributed by atoms with E-state index in [1.807, 2.05) is 12.5 Å². The summed E-state index contributed by atoms with van der Waals surface area (Å²) >= 11 is 1.76. The molecular weight excluding hydrogens is 218 g/mol. The number of hydrogen-bond acceptors (Lipinski definition) is 3. The van der Waals surface area contributed by atoms with Gasteiger partial charge in [0, 0.05) is 13.1 Å². The van der Waals surface area contributed by atoms with Gasteiger partial charge in [0.05, 0.1) is 23.1 Å². The SMILES string of the molecule is CCCNCCn1cncc1-c1cccs1. The quantitative estimate of drug-likeness (QED) is 0.780. The first-order valence-electron chi connectivity index (χ1n) is 5.66. The van der Waals surface area contributed by atoms with Crippen molar-refractivity contribution in [2.24, 2.45) is 0 Å². The average molecular weight is 235 g/mol. The largest absolute Gasteiger partial charge is 0.329 e. The fourth-order valence-electron chi connectivity index (χ4n) is 1.63. The maximum absolute atomic E-state index is 4.22. The summed E-state index contributed by atoms with van der Waals surface area (Å²) in [6.07, 6.45) is 5.02. The van der Waals surface area contributed by atoms with Crippen molar-refractivity contribution < 1.29 is 0 Å². The van der Waals surface area contributed by atoms with Gasteiger partial charge in [0.25, 0.3) is 0 Å². The Labute approximate surface area is 100 Å². The molecule has 0 saturated carbocycles. The van der Waals surface area contributed by atoms with Crippen LogP contribution in [-0.2, 0) is 6.54 Å². The lowest BCUT2D eigenvalue weighted by Gasteiger charge is -2.07. The molecule has 0 saturated heterocycles. The molecule has 0 spiro atoms. The molecule has 2 heterocycles. The van der Waals surface area contributed by atoms with Gasteiger partial charge in [-0.15, -0.1) is 11.3 Å². The summed E-state index contributed by atoms with van der Waals surface area (Å²) in [5.41, 5.74) is 1.22. The van der Waals surface area contributed by atoms with Gasteiger partial charge in [0.15, 0.2) is 0 Å². The zero-order valence-corrected chi connectivity index (χ0v) is 10.3. The Hall–Kier alpha value is -1.13. The van der Waals surface area contributed by atoms with Gasteiger partial charge in [0.2, 0.25) is 0 Å². The molecular formula is C12H17N3S. The van der Waals surface area contributed by atoms with Gasteiger partial charge in [-0.05, 0) is 24.4 Å². The number of imidazole rings is 1. The predicted molar refractivity (Wildman–Crippen MR) is 68.7 cm³/mol. The van der Waals surface area contributed by atoms with Crippen LogP contribution in [0.2, 0.25) is 0 Å². The van der Waals surface area contributed by atoms with Crippen LogP contribution in [0.5, 0.6) is 0 Å². The number of thiophene rings is 1. The van der Waals surface area contributed by atoms with Crippen molar-refractivity contribution in [1.29, 1.82) is 0 Å². The zero-order valence-electron chi connectivity index (χ0n) is 9.52. The lowest BCUT2D eigenvalue weighted by molar-refractivity contribution is 0.596. The van der Waals surface area contributed by atoms with Crippen molar-refractivity contribution >= 4 is 11.3 Å². The van der Waals surface area contributed by atoms with Crippen molar-refractivity contribution in [3.8, 4) is 10.6 Å². The lowest BCUT2D eigenvalue weighted by Crippen LogP contribution is -2.20. The Bertz CT molecular complexity index is 406. The van der Waals surface area contributed by atoms with Crippen LogP contribution in [0.15, 0.2) is 30.0 Å². The van der Waals surface area contributed by atoms with Gasteiger partial charge < -0.3 is 9.88 Å². The highest BCUT2D eigenvalue weighted by Gasteiger charge is 2.04. The average Bonchev–Trinajstić information content (AvgIpc) is 2.94. The number of nitrogens with one attached hydrogen (secondary N) is 1. The Kier molecular flexibility index (Phi) is 4.13. The summed E-state index contributed by atoms with van der Waals surface area (Å²) in [7, 11) is 0. The first-order chi connectivity index (χ1) is 7.92. The fourth-order valence-corrected chi connectivity index (χ4v) is 2.38. The second kappa shape index (κ2) is 5.82. The summed E-state index contributed by atoms with van der Waals surface area (Å²) in [5, 5.41) is 5.50. The van der Waals surface area contributed by atoms with Crippen molar-refractivity contribution in [2.75, 3.05) is 13.1 Å². The smallest absolute Gasteiger partial charge is 0.0951 e. The molecule has 2 rings (SSSR count). The van der Waals surface area contributed by atoms with E-state index in [1.54, 1.807) is 11.3 Å². The van der Waals surface area contributed by atoms with Gasteiger partial charge in [0.1, 0.15) is 0 Å². The standard InChI is InChI=1S/C12H17N3S/c1-2-5-13-6-7-15-10-14-9-11(15)12-4-3-8-16-12/h3-4,8-10,13H,2,5-7H2,1H3. The molecule has 0 fully saturated rings. The van der Waals surface area contributed by atoms with Crippen LogP contribution in [0, 0.1) is 0 Å². The van der Waals surface area contributed by atoms with E-state index in [0.717, 1.165) is 19.6 Å². The third-order valence-corrected chi connectivity index (χ3v) is 3.33. The molecule has 0 atom stereocenters. The molecule has 2 aromatic heterocycles. The lowest BCUT2D eigenvalue weighted by atomic mass is 10.3. The Morgan fingerprint density at radius 1 is 1.44 bits per heavy atom. The monoisotopic (exact) mass is 235 g/mol. The van der Waals surface area contributed by atoms with E-state index in [-0.39, 0.29) is 0 Å². The number of rotatable bonds is 6. The highest BCUT2D eigenvalue weighted by atomic mass is 32.1. The maximum atomic E-state index is 4.22. The van der Waals surface area contributed by atoms with Crippen molar-refractivity contribution in [3.63, 3.8) is 0 Å².